The van der Waals surface area contributed by atoms with Crippen LogP contribution < -0.4 is 25.6 Å². The van der Waals surface area contributed by atoms with Crippen LogP contribution in [0.4, 0.5) is 39.0 Å². The Balaban J connectivity index is 0.862. The minimum Gasteiger partial charge on any atom is -0.384 e. The van der Waals surface area contributed by atoms with E-state index >= 15 is 0 Å². The van der Waals surface area contributed by atoms with Crippen molar-refractivity contribution in [2.45, 2.75) is 123 Å². The average Bonchev–Trinajstić information content (AvgIpc) is 1.49. The fourth-order valence-corrected chi connectivity index (χ4v) is 14.2. The number of hydrogen-bond donors (Lipinski definition) is 4. The summed E-state index contributed by atoms with van der Waals surface area (Å²) in [6.45, 7) is 12.9. The van der Waals surface area contributed by atoms with Crippen molar-refractivity contribution in [3.8, 4) is 0 Å². The molecule has 1 aliphatic carbocycles. The predicted molar refractivity (Wildman–Crippen MR) is 321 cm³/mol. The van der Waals surface area contributed by atoms with Crippen LogP contribution in [0.1, 0.15) is 116 Å². The number of piperazine rings is 1. The zero-order valence-electron chi connectivity index (χ0n) is 48.3. The topological polar surface area (TPSA) is 215 Å². The lowest BCUT2D eigenvalue weighted by Crippen LogP contribution is -2.54. The molecule has 3 heterocycles. The highest BCUT2D eigenvalue weighted by Crippen LogP contribution is 2.42. The summed E-state index contributed by atoms with van der Waals surface area (Å²) < 4.78 is 126. The van der Waals surface area contributed by atoms with Crippen molar-refractivity contribution in [2.75, 3.05) is 80.7 Å². The van der Waals surface area contributed by atoms with E-state index in [0.29, 0.717) is 76.8 Å². The summed E-state index contributed by atoms with van der Waals surface area (Å²) in [4.78, 5) is 70.5. The highest BCUT2D eigenvalue weighted by molar-refractivity contribution is 7.99. The number of rotatable bonds is 27. The minimum absolute atomic E-state index is 0.00190. The normalized spacial score (nSPS) is 18.1. The molecule has 17 nitrogen and oxygen atoms in total. The Hall–Kier alpha value is -6.67. The van der Waals surface area contributed by atoms with Gasteiger partial charge in [-0.1, -0.05) is 62.3 Å². The van der Waals surface area contributed by atoms with E-state index in [4.69, 9.17) is 0 Å². The number of amides is 5. The molecule has 4 aromatic carbocycles. The summed E-state index contributed by atoms with van der Waals surface area (Å²) in [6.07, 6.45) is 3.52. The first-order valence-corrected chi connectivity index (χ1v) is 32.6. The van der Waals surface area contributed by atoms with Crippen molar-refractivity contribution >= 4 is 78.2 Å². The maximum Gasteiger partial charge on any atom is 0.501 e. The van der Waals surface area contributed by atoms with Gasteiger partial charge < -0.3 is 20.4 Å². The number of thioether (sulfide) groups is 1. The van der Waals surface area contributed by atoms with Crippen molar-refractivity contribution < 1.29 is 62.8 Å². The van der Waals surface area contributed by atoms with Gasteiger partial charge in [-0.05, 0) is 156 Å². The number of carbonyl (C=O) groups excluding carboxylic acids is 5. The van der Waals surface area contributed by atoms with Gasteiger partial charge in [0, 0.05) is 79.3 Å². The SMILES string of the molecule is C=C(CCC1=C(CN2CCN(c3ccc(C(=O)NS(=O)(=O)c4ccc(N[C@H](CCN(C)CCCCCNc5cccc6c5C(=O)N(C5CCC(=O)NC5=O)C6=O)CSc5ccccc5)c(S(=O)(=O)C(F)(F)F)c4)cc3)CC2)CCC(C)(C)C1)C(F)F. The molecule has 4 N–H and O–H groups in total. The van der Waals surface area contributed by atoms with Crippen LogP contribution in [0, 0.1) is 5.41 Å². The minimum atomic E-state index is -6.17. The van der Waals surface area contributed by atoms with Crippen molar-refractivity contribution in [3.05, 3.63) is 131 Å². The molecule has 3 aliphatic heterocycles. The van der Waals surface area contributed by atoms with Crippen LogP contribution in [0.2, 0.25) is 0 Å². The van der Waals surface area contributed by atoms with Gasteiger partial charge >= 0.3 is 5.51 Å². The second-order valence-corrected chi connectivity index (χ2v) is 27.8. The number of sulfone groups is 1. The van der Waals surface area contributed by atoms with Crippen LogP contribution in [0.3, 0.4) is 0 Å². The van der Waals surface area contributed by atoms with Gasteiger partial charge in [-0.15, -0.1) is 11.8 Å². The fraction of sp³-hybridized carbons (Fsp3) is 0.459. The molecule has 2 fully saturated rings. The lowest BCUT2D eigenvalue weighted by atomic mass is 9.73. The summed E-state index contributed by atoms with van der Waals surface area (Å²) in [5.41, 5.74) is -2.29. The number of fused-ring (bicyclic) bond motifs is 1. The van der Waals surface area contributed by atoms with E-state index in [1.807, 2.05) is 47.0 Å². The molecule has 4 aromatic rings. The first kappa shape index (κ1) is 65.3. The molecule has 4 aliphatic rings. The maximum atomic E-state index is 14.4. The van der Waals surface area contributed by atoms with E-state index in [9.17, 15) is 62.8 Å². The molecule has 86 heavy (non-hydrogen) atoms. The third-order valence-electron chi connectivity index (χ3n) is 16.1. The summed E-state index contributed by atoms with van der Waals surface area (Å²) >= 11 is 1.39. The van der Waals surface area contributed by atoms with Crippen molar-refractivity contribution in [1.82, 2.24) is 24.7 Å². The Labute approximate surface area is 503 Å². The maximum absolute atomic E-state index is 14.4. The second kappa shape index (κ2) is 28.0. The van der Waals surface area contributed by atoms with E-state index in [1.54, 1.807) is 24.3 Å². The summed E-state index contributed by atoms with van der Waals surface area (Å²) in [5.74, 6) is -3.21. The van der Waals surface area contributed by atoms with Gasteiger partial charge in [-0.3, -0.25) is 39.1 Å². The Morgan fingerprint density at radius 3 is 2.26 bits per heavy atom. The smallest absolute Gasteiger partial charge is 0.384 e. The zero-order valence-corrected chi connectivity index (χ0v) is 50.8. The molecular formula is C61H73F5N8O9S3. The number of carbonyl (C=O) groups is 5. The van der Waals surface area contributed by atoms with Crippen LogP contribution in [0.5, 0.6) is 0 Å². The Morgan fingerprint density at radius 1 is 0.849 bits per heavy atom. The number of hydrogen-bond acceptors (Lipinski definition) is 15. The average molecular weight is 1250 g/mol. The number of nitrogens with zero attached hydrogens (tertiary/aromatic N) is 4. The highest BCUT2D eigenvalue weighted by atomic mass is 32.2. The molecule has 5 amide bonds. The predicted octanol–water partition coefficient (Wildman–Crippen LogP) is 9.91. The lowest BCUT2D eigenvalue weighted by Gasteiger charge is -2.39. The number of piperidine rings is 1. The molecule has 464 valence electrons. The van der Waals surface area contributed by atoms with Gasteiger partial charge in [0.15, 0.2) is 0 Å². The third kappa shape index (κ3) is 16.3. The number of unbranched alkanes of at least 4 members (excludes halogenated alkanes) is 2. The van der Waals surface area contributed by atoms with Gasteiger partial charge in [0.25, 0.3) is 44.0 Å². The molecule has 1 unspecified atom stereocenters. The zero-order chi connectivity index (χ0) is 62.1. The molecule has 0 spiro atoms. The number of halogens is 5. The monoisotopic (exact) mass is 1250 g/mol. The quantitative estimate of drug-likeness (QED) is 0.0144. The summed E-state index contributed by atoms with van der Waals surface area (Å²) in [5, 5.41) is 8.41. The Bertz CT molecular complexity index is 3430. The van der Waals surface area contributed by atoms with E-state index < -0.39 is 88.9 Å². The van der Waals surface area contributed by atoms with Gasteiger partial charge in [0.2, 0.25) is 11.8 Å². The van der Waals surface area contributed by atoms with Crippen LogP contribution >= 0.6 is 11.8 Å². The van der Waals surface area contributed by atoms with Gasteiger partial charge in [0.05, 0.1) is 21.7 Å². The molecule has 0 bridgehead atoms. The number of anilines is 3. The van der Waals surface area contributed by atoms with Crippen molar-refractivity contribution in [2.24, 2.45) is 5.41 Å². The Kier molecular flexibility index (Phi) is 21.3. The number of allylic oxidation sites excluding steroid dienone is 2. The number of benzene rings is 4. The standard InChI is InChI=1S/C61H73F5N8O9S3/c1-40(55(62)63)16-17-42-37-60(2,3)28-26-43(42)38-72-32-34-73(35-33-72)45-20-18-41(19-21-45)56(76)70-86(82,83)47-22-23-49(52(36-47)85(80,81)61(64,65)66)68-44(39-84-46-12-7-5-8-13-46)27-31-71(4)30-10-6-9-29-67-50-15-11-14-48-54(50)59(79)74(58(48)78)51-24-25-53(75)69-57(51)77/h5,7-8,11-15,18-23,36,44,51,55,67-68H,1,6,9-10,16-17,24-35,37-39H2,2-4H3,(H,70,76)(H,69,75,77)/t44-,51?/m1/s1. The first-order chi connectivity index (χ1) is 40.7. The molecule has 0 saturated carbocycles. The lowest BCUT2D eigenvalue weighted by molar-refractivity contribution is -0.136. The van der Waals surface area contributed by atoms with Crippen LogP contribution in [0.15, 0.2) is 129 Å². The molecule has 2 atom stereocenters. The Morgan fingerprint density at radius 2 is 1.57 bits per heavy atom. The van der Waals surface area contributed by atoms with E-state index in [1.165, 1.54) is 41.1 Å². The van der Waals surface area contributed by atoms with Crippen LogP contribution in [-0.2, 0) is 29.4 Å². The fourth-order valence-electron chi connectivity index (χ4n) is 11.2. The second-order valence-electron chi connectivity index (χ2n) is 23.1. The molecule has 25 heteroatoms. The van der Waals surface area contributed by atoms with E-state index in [2.05, 4.69) is 46.2 Å². The van der Waals surface area contributed by atoms with E-state index in [-0.39, 0.29) is 52.7 Å². The number of nitrogens with one attached hydrogen (secondary N) is 4. The number of sulfonamides is 1. The highest BCUT2D eigenvalue weighted by Gasteiger charge is 2.49. The number of imide groups is 2. The third-order valence-corrected chi connectivity index (χ3v) is 20.2. The first-order valence-electron chi connectivity index (χ1n) is 28.7. The van der Waals surface area contributed by atoms with Crippen LogP contribution in [0.25, 0.3) is 0 Å². The summed E-state index contributed by atoms with van der Waals surface area (Å²) in [7, 11) is -9.25. The van der Waals surface area contributed by atoms with Crippen LogP contribution in [-0.4, -0.2) is 150 Å². The molecular weight excluding hydrogens is 1180 g/mol. The molecule has 0 aromatic heterocycles. The van der Waals surface area contributed by atoms with Gasteiger partial charge in [0.1, 0.15) is 10.9 Å². The molecule has 2 saturated heterocycles. The van der Waals surface area contributed by atoms with Gasteiger partial charge in [-0.2, -0.15) is 13.2 Å². The largest absolute Gasteiger partial charge is 0.501 e. The van der Waals surface area contributed by atoms with E-state index in [0.717, 1.165) is 66.3 Å². The molecule has 0 radical (unpaired) electrons. The summed E-state index contributed by atoms with van der Waals surface area (Å²) in [6, 6.07) is 20.7. The van der Waals surface area contributed by atoms with Gasteiger partial charge in [-0.25, -0.2) is 30.3 Å². The van der Waals surface area contributed by atoms with Crippen molar-refractivity contribution in [1.29, 1.82) is 0 Å². The molecule has 8 rings (SSSR count). The number of alkyl halides is 5. The van der Waals surface area contributed by atoms with Crippen molar-refractivity contribution in [3.63, 3.8) is 0 Å².